The van der Waals surface area contributed by atoms with E-state index in [4.69, 9.17) is 0 Å². The van der Waals surface area contributed by atoms with Crippen molar-refractivity contribution in [3.8, 4) is 11.1 Å². The molecule has 0 atom stereocenters. The van der Waals surface area contributed by atoms with Crippen LogP contribution in [0, 0.1) is 23.3 Å². The van der Waals surface area contributed by atoms with Crippen molar-refractivity contribution in [2.45, 2.75) is 4.90 Å². The van der Waals surface area contributed by atoms with Crippen LogP contribution in [0.5, 0.6) is 0 Å². The van der Waals surface area contributed by atoms with Gasteiger partial charge in [-0.1, -0.05) is 18.2 Å². The maximum absolute atomic E-state index is 13.5. The van der Waals surface area contributed by atoms with E-state index in [0.717, 1.165) is 0 Å². The van der Waals surface area contributed by atoms with Crippen LogP contribution < -0.4 is 0 Å². The lowest BCUT2D eigenvalue weighted by molar-refractivity contribution is 0.458. The summed E-state index contributed by atoms with van der Waals surface area (Å²) in [5.74, 6) is -5.72. The standard InChI is InChI=1S/C12H6F4S/c13-7-5-8(14)12(16)10(11(7)15)6-3-1-2-4-9(6)17/h1-5,17H. The van der Waals surface area contributed by atoms with Crippen LogP contribution in [0.15, 0.2) is 35.2 Å². The first-order chi connectivity index (χ1) is 8.02. The normalized spacial score (nSPS) is 10.6. The van der Waals surface area contributed by atoms with Gasteiger partial charge in [-0.2, -0.15) is 0 Å². The lowest BCUT2D eigenvalue weighted by Gasteiger charge is -2.09. The SMILES string of the molecule is Fc1cc(F)c(F)c(-c2ccccc2S)c1F. The van der Waals surface area contributed by atoms with E-state index in [1.165, 1.54) is 18.2 Å². The van der Waals surface area contributed by atoms with Crippen LogP contribution in [0.2, 0.25) is 0 Å². The Kier molecular flexibility index (Phi) is 3.11. The molecule has 0 radical (unpaired) electrons. The number of hydrogen-bond donors (Lipinski definition) is 1. The minimum absolute atomic E-state index is 0.00392. The van der Waals surface area contributed by atoms with Crippen molar-refractivity contribution in [3.05, 3.63) is 53.6 Å². The zero-order chi connectivity index (χ0) is 12.6. The summed E-state index contributed by atoms with van der Waals surface area (Å²) in [6, 6.07) is 6.08. The number of rotatable bonds is 1. The van der Waals surface area contributed by atoms with Crippen LogP contribution >= 0.6 is 12.6 Å². The van der Waals surface area contributed by atoms with E-state index in [-0.39, 0.29) is 16.5 Å². The molecule has 0 amide bonds. The fraction of sp³-hybridized carbons (Fsp3) is 0. The highest BCUT2D eigenvalue weighted by molar-refractivity contribution is 7.80. The van der Waals surface area contributed by atoms with Crippen molar-refractivity contribution in [2.24, 2.45) is 0 Å². The molecule has 17 heavy (non-hydrogen) atoms. The quantitative estimate of drug-likeness (QED) is 0.442. The summed E-state index contributed by atoms with van der Waals surface area (Å²) >= 11 is 3.99. The Balaban J connectivity index is 2.80. The molecule has 0 fully saturated rings. The molecule has 0 saturated heterocycles. The van der Waals surface area contributed by atoms with Gasteiger partial charge < -0.3 is 0 Å². The molecule has 0 heterocycles. The monoisotopic (exact) mass is 258 g/mol. The fourth-order valence-corrected chi connectivity index (χ4v) is 1.77. The van der Waals surface area contributed by atoms with Gasteiger partial charge in [0.05, 0.1) is 5.56 Å². The Bertz CT molecular complexity index is 555. The van der Waals surface area contributed by atoms with Gasteiger partial charge in [0.15, 0.2) is 23.3 Å². The van der Waals surface area contributed by atoms with Gasteiger partial charge in [0.2, 0.25) is 0 Å². The van der Waals surface area contributed by atoms with Crippen LogP contribution in [-0.2, 0) is 0 Å². The van der Waals surface area contributed by atoms with Gasteiger partial charge in [0, 0.05) is 16.5 Å². The molecular weight excluding hydrogens is 252 g/mol. The molecule has 0 aliphatic carbocycles. The van der Waals surface area contributed by atoms with Crippen molar-refractivity contribution in [1.29, 1.82) is 0 Å². The predicted molar refractivity (Wildman–Crippen MR) is 59.0 cm³/mol. The van der Waals surface area contributed by atoms with Crippen LogP contribution in [0.1, 0.15) is 0 Å². The molecule has 0 bridgehead atoms. The molecule has 0 N–H and O–H groups in total. The van der Waals surface area contributed by atoms with Crippen molar-refractivity contribution in [2.75, 3.05) is 0 Å². The molecule has 0 saturated carbocycles. The lowest BCUT2D eigenvalue weighted by Crippen LogP contribution is -1.99. The minimum Gasteiger partial charge on any atom is -0.204 e. The van der Waals surface area contributed by atoms with E-state index >= 15 is 0 Å². The van der Waals surface area contributed by atoms with Crippen LogP contribution in [0.4, 0.5) is 17.6 Å². The van der Waals surface area contributed by atoms with Crippen molar-refractivity contribution >= 4 is 12.6 Å². The first kappa shape index (κ1) is 12.0. The summed E-state index contributed by atoms with van der Waals surface area (Å²) in [7, 11) is 0. The Hall–Kier alpha value is -1.49. The molecule has 0 nitrogen and oxygen atoms in total. The maximum atomic E-state index is 13.5. The summed E-state index contributed by atoms with van der Waals surface area (Å²) in [5.41, 5.74) is -0.739. The summed E-state index contributed by atoms with van der Waals surface area (Å²) in [6.07, 6.45) is 0. The van der Waals surface area contributed by atoms with Crippen molar-refractivity contribution in [3.63, 3.8) is 0 Å². The Morgan fingerprint density at radius 1 is 0.824 bits per heavy atom. The van der Waals surface area contributed by atoms with E-state index < -0.39 is 28.8 Å². The van der Waals surface area contributed by atoms with Gasteiger partial charge in [0.25, 0.3) is 0 Å². The Morgan fingerprint density at radius 3 is 1.88 bits per heavy atom. The van der Waals surface area contributed by atoms with E-state index in [1.807, 2.05) is 0 Å². The number of thiol groups is 1. The number of halogens is 4. The first-order valence-corrected chi connectivity index (χ1v) is 5.08. The molecular formula is C12H6F4S. The fourth-order valence-electron chi connectivity index (χ4n) is 1.49. The lowest BCUT2D eigenvalue weighted by atomic mass is 10.0. The first-order valence-electron chi connectivity index (χ1n) is 4.63. The number of benzene rings is 2. The molecule has 0 aliphatic rings. The van der Waals surface area contributed by atoms with E-state index in [9.17, 15) is 17.6 Å². The predicted octanol–water partition coefficient (Wildman–Crippen LogP) is 4.20. The highest BCUT2D eigenvalue weighted by atomic mass is 32.1. The Morgan fingerprint density at radius 2 is 1.35 bits per heavy atom. The average molecular weight is 258 g/mol. The zero-order valence-electron chi connectivity index (χ0n) is 8.35. The smallest absolute Gasteiger partial charge is 0.169 e. The molecule has 2 rings (SSSR count). The van der Waals surface area contributed by atoms with Gasteiger partial charge in [-0.25, -0.2) is 17.6 Å². The summed E-state index contributed by atoms with van der Waals surface area (Å²) < 4.78 is 53.0. The Labute approximate surface area is 100 Å². The van der Waals surface area contributed by atoms with Crippen LogP contribution in [0.3, 0.4) is 0 Å². The topological polar surface area (TPSA) is 0 Å². The van der Waals surface area contributed by atoms with Crippen molar-refractivity contribution in [1.82, 2.24) is 0 Å². The van der Waals surface area contributed by atoms with E-state index in [1.54, 1.807) is 6.07 Å². The molecule has 0 unspecified atom stereocenters. The molecule has 0 aromatic heterocycles. The largest absolute Gasteiger partial charge is 0.204 e. The highest BCUT2D eigenvalue weighted by Crippen LogP contribution is 2.33. The van der Waals surface area contributed by atoms with E-state index in [0.29, 0.717) is 0 Å². The average Bonchev–Trinajstić information content (AvgIpc) is 2.29. The third-order valence-electron chi connectivity index (χ3n) is 2.29. The summed E-state index contributed by atoms with van der Waals surface area (Å²) in [5, 5.41) is 0. The summed E-state index contributed by atoms with van der Waals surface area (Å²) in [6.45, 7) is 0. The van der Waals surface area contributed by atoms with Gasteiger partial charge in [-0.05, 0) is 6.07 Å². The van der Waals surface area contributed by atoms with Gasteiger partial charge in [-0.3, -0.25) is 0 Å². The summed E-state index contributed by atoms with van der Waals surface area (Å²) in [4.78, 5) is 0.232. The minimum atomic E-state index is -1.43. The van der Waals surface area contributed by atoms with Crippen molar-refractivity contribution < 1.29 is 17.6 Å². The number of hydrogen-bond acceptors (Lipinski definition) is 1. The molecule has 0 aliphatic heterocycles. The van der Waals surface area contributed by atoms with Crippen LogP contribution in [0.25, 0.3) is 11.1 Å². The highest BCUT2D eigenvalue weighted by Gasteiger charge is 2.21. The third kappa shape index (κ3) is 2.02. The molecule has 2 aromatic rings. The molecule has 0 spiro atoms. The second-order valence-electron chi connectivity index (χ2n) is 3.36. The van der Waals surface area contributed by atoms with E-state index in [2.05, 4.69) is 12.6 Å². The van der Waals surface area contributed by atoms with Gasteiger partial charge in [-0.15, -0.1) is 12.6 Å². The molecule has 5 heteroatoms. The van der Waals surface area contributed by atoms with Crippen LogP contribution in [-0.4, -0.2) is 0 Å². The second-order valence-corrected chi connectivity index (χ2v) is 3.84. The molecule has 88 valence electrons. The maximum Gasteiger partial charge on any atom is 0.169 e. The zero-order valence-corrected chi connectivity index (χ0v) is 9.24. The second kappa shape index (κ2) is 4.41. The molecule has 2 aromatic carbocycles. The third-order valence-corrected chi connectivity index (χ3v) is 2.68. The van der Waals surface area contributed by atoms with Gasteiger partial charge in [0.1, 0.15) is 0 Å². The van der Waals surface area contributed by atoms with Gasteiger partial charge >= 0.3 is 0 Å².